The number of carbonyl (C=O) groups is 3. The van der Waals surface area contributed by atoms with Crippen LogP contribution in [0.3, 0.4) is 0 Å². The van der Waals surface area contributed by atoms with Gasteiger partial charge in [-0.15, -0.1) is 0 Å². The number of ketones is 3. The Morgan fingerprint density at radius 1 is 1.16 bits per heavy atom. The summed E-state index contributed by atoms with van der Waals surface area (Å²) in [6, 6.07) is 6.93. The van der Waals surface area contributed by atoms with Gasteiger partial charge in [-0.05, 0) is 18.6 Å². The Bertz CT molecular complexity index is 637. The van der Waals surface area contributed by atoms with Crippen molar-refractivity contribution in [2.45, 2.75) is 19.3 Å². The molecule has 0 unspecified atom stereocenters. The van der Waals surface area contributed by atoms with Gasteiger partial charge in [0.1, 0.15) is 11.4 Å². The molecule has 0 atom stereocenters. The summed E-state index contributed by atoms with van der Waals surface area (Å²) in [5, 5.41) is 0. The zero-order valence-electron chi connectivity index (χ0n) is 10.1. The van der Waals surface area contributed by atoms with Gasteiger partial charge in [-0.1, -0.05) is 12.1 Å². The van der Waals surface area contributed by atoms with Gasteiger partial charge < -0.3 is 4.42 Å². The average Bonchev–Trinajstić information content (AvgIpc) is 2.82. The summed E-state index contributed by atoms with van der Waals surface area (Å²) in [6.07, 6.45) is 1.06. The van der Waals surface area contributed by atoms with E-state index < -0.39 is 11.7 Å². The fraction of sp³-hybridized carbons (Fsp3) is 0.286. The molecule has 0 bridgehead atoms. The predicted molar refractivity (Wildman–Crippen MR) is 65.7 cm³/mol. The molecule has 0 aliphatic heterocycles. The highest BCUT2D eigenvalue weighted by atomic mass is 16.4. The third-order valence-corrected chi connectivity index (χ3v) is 3.26. The predicted octanol–water partition coefficient (Wildman–Crippen LogP) is 1.95. The first-order chi connectivity index (χ1) is 9.16. The Morgan fingerprint density at radius 2 is 1.84 bits per heavy atom. The molecule has 3 rings (SSSR count). The van der Waals surface area contributed by atoms with Crippen LogP contribution in [0, 0.1) is 5.92 Å². The van der Waals surface area contributed by atoms with Gasteiger partial charge >= 0.3 is 0 Å². The molecule has 1 aromatic carbocycles. The topological polar surface area (TPSA) is 77.2 Å². The molecule has 1 aromatic heterocycles. The highest BCUT2D eigenvalue weighted by Gasteiger charge is 2.38. The third-order valence-electron chi connectivity index (χ3n) is 3.26. The monoisotopic (exact) mass is 257 g/mol. The molecule has 1 aliphatic rings. The molecule has 1 heterocycles. The maximum Gasteiger partial charge on any atom is 0.265 e. The van der Waals surface area contributed by atoms with E-state index in [2.05, 4.69) is 4.98 Å². The van der Waals surface area contributed by atoms with E-state index in [1.807, 2.05) is 0 Å². The molecule has 0 spiro atoms. The van der Waals surface area contributed by atoms with Crippen molar-refractivity contribution in [2.75, 3.05) is 0 Å². The van der Waals surface area contributed by atoms with Gasteiger partial charge in [-0.3, -0.25) is 14.4 Å². The average molecular weight is 257 g/mol. The first-order valence-corrected chi connectivity index (χ1v) is 6.12. The summed E-state index contributed by atoms with van der Waals surface area (Å²) in [5.74, 6) is -2.66. The van der Waals surface area contributed by atoms with E-state index in [0.717, 1.165) is 0 Å². The van der Waals surface area contributed by atoms with Gasteiger partial charge in [0, 0.05) is 12.8 Å². The normalized spacial score (nSPS) is 17.1. The Morgan fingerprint density at radius 3 is 2.53 bits per heavy atom. The molecule has 5 heteroatoms. The highest BCUT2D eigenvalue weighted by Crippen LogP contribution is 2.23. The third kappa shape index (κ3) is 1.97. The van der Waals surface area contributed by atoms with Crippen LogP contribution in [-0.4, -0.2) is 22.3 Å². The number of oxazole rings is 1. The Kier molecular flexibility index (Phi) is 2.74. The summed E-state index contributed by atoms with van der Waals surface area (Å²) >= 11 is 0. The molecular weight excluding hydrogens is 246 g/mol. The number of fused-ring (bicyclic) bond motifs is 1. The van der Waals surface area contributed by atoms with Gasteiger partial charge in [0.15, 0.2) is 17.1 Å². The highest BCUT2D eigenvalue weighted by molar-refractivity contribution is 6.24. The van der Waals surface area contributed by atoms with Crippen LogP contribution in [0.25, 0.3) is 11.1 Å². The molecular formula is C14H11NO4. The molecule has 1 fully saturated rings. The van der Waals surface area contributed by atoms with Crippen molar-refractivity contribution >= 4 is 28.4 Å². The molecule has 2 aromatic rings. The zero-order chi connectivity index (χ0) is 13.4. The number of benzene rings is 1. The summed E-state index contributed by atoms with van der Waals surface area (Å²) in [6.45, 7) is 0. The van der Waals surface area contributed by atoms with E-state index in [-0.39, 0.29) is 30.3 Å². The van der Waals surface area contributed by atoms with E-state index in [1.165, 1.54) is 0 Å². The van der Waals surface area contributed by atoms with Crippen molar-refractivity contribution in [1.82, 2.24) is 4.98 Å². The molecule has 0 radical (unpaired) electrons. The number of para-hydroxylation sites is 2. The van der Waals surface area contributed by atoms with Crippen molar-refractivity contribution in [3.05, 3.63) is 30.2 Å². The lowest BCUT2D eigenvalue weighted by Crippen LogP contribution is -2.35. The van der Waals surface area contributed by atoms with Crippen LogP contribution in [0.1, 0.15) is 29.9 Å². The second-order valence-electron chi connectivity index (χ2n) is 4.57. The fourth-order valence-corrected chi connectivity index (χ4v) is 2.30. The van der Waals surface area contributed by atoms with Crippen LogP contribution in [0.5, 0.6) is 0 Å². The van der Waals surface area contributed by atoms with Crippen LogP contribution in [0.2, 0.25) is 0 Å². The van der Waals surface area contributed by atoms with Crippen molar-refractivity contribution in [1.29, 1.82) is 0 Å². The van der Waals surface area contributed by atoms with Crippen molar-refractivity contribution in [3.8, 4) is 0 Å². The van der Waals surface area contributed by atoms with Crippen LogP contribution < -0.4 is 0 Å². The Labute approximate surface area is 108 Å². The molecule has 1 saturated carbocycles. The zero-order valence-corrected chi connectivity index (χ0v) is 10.1. The lowest BCUT2D eigenvalue weighted by molar-refractivity contribution is -0.133. The molecule has 19 heavy (non-hydrogen) atoms. The van der Waals surface area contributed by atoms with Gasteiger partial charge in [-0.2, -0.15) is 0 Å². The maximum absolute atomic E-state index is 12.2. The molecule has 0 saturated heterocycles. The lowest BCUT2D eigenvalue weighted by Gasteiger charge is -2.16. The summed E-state index contributed by atoms with van der Waals surface area (Å²) in [4.78, 5) is 39.7. The maximum atomic E-state index is 12.2. The van der Waals surface area contributed by atoms with Crippen LogP contribution in [0.4, 0.5) is 0 Å². The van der Waals surface area contributed by atoms with Crippen molar-refractivity contribution < 1.29 is 18.8 Å². The van der Waals surface area contributed by atoms with Crippen LogP contribution >= 0.6 is 0 Å². The molecule has 0 N–H and O–H groups in total. The van der Waals surface area contributed by atoms with E-state index in [9.17, 15) is 14.4 Å². The minimum atomic E-state index is -1.22. The Balaban J connectivity index is 1.98. The summed E-state index contributed by atoms with van der Waals surface area (Å²) in [7, 11) is 0. The second kappa shape index (κ2) is 4.42. The standard InChI is InChI=1S/C14H11NO4/c16-9-5-3-6-10(17)12(9)13(18)14-15-8-4-1-2-7-11(8)19-14/h1-2,4,7,12H,3,5-6H2. The smallest absolute Gasteiger partial charge is 0.265 e. The largest absolute Gasteiger partial charge is 0.434 e. The van der Waals surface area contributed by atoms with Crippen molar-refractivity contribution in [2.24, 2.45) is 5.92 Å². The van der Waals surface area contributed by atoms with Gasteiger partial charge in [0.25, 0.3) is 5.89 Å². The van der Waals surface area contributed by atoms with E-state index in [4.69, 9.17) is 4.42 Å². The van der Waals surface area contributed by atoms with Crippen molar-refractivity contribution in [3.63, 3.8) is 0 Å². The molecule has 96 valence electrons. The number of aromatic nitrogens is 1. The fourth-order valence-electron chi connectivity index (χ4n) is 2.30. The number of Topliss-reactive ketones (excluding diaryl/α,β-unsaturated/α-hetero) is 3. The SMILES string of the molecule is O=C1CCCC(=O)C1C(=O)c1nc2ccccc2o1. The number of rotatable bonds is 2. The summed E-state index contributed by atoms with van der Waals surface area (Å²) < 4.78 is 5.31. The number of carbonyl (C=O) groups excluding carboxylic acids is 3. The second-order valence-corrected chi connectivity index (χ2v) is 4.57. The first-order valence-electron chi connectivity index (χ1n) is 6.12. The van der Waals surface area contributed by atoms with E-state index >= 15 is 0 Å². The number of nitrogens with zero attached hydrogens (tertiary/aromatic N) is 1. The minimum absolute atomic E-state index is 0.158. The van der Waals surface area contributed by atoms with Gasteiger partial charge in [-0.25, -0.2) is 4.98 Å². The number of hydrogen-bond donors (Lipinski definition) is 0. The lowest BCUT2D eigenvalue weighted by atomic mass is 9.84. The Hall–Kier alpha value is -2.30. The first kappa shape index (κ1) is 11.8. The molecule has 1 aliphatic carbocycles. The van der Waals surface area contributed by atoms with Crippen LogP contribution in [-0.2, 0) is 9.59 Å². The van der Waals surface area contributed by atoms with Crippen LogP contribution in [0.15, 0.2) is 28.7 Å². The number of hydrogen-bond acceptors (Lipinski definition) is 5. The van der Waals surface area contributed by atoms with E-state index in [1.54, 1.807) is 24.3 Å². The van der Waals surface area contributed by atoms with Gasteiger partial charge in [0.05, 0.1) is 0 Å². The summed E-state index contributed by atoms with van der Waals surface area (Å²) in [5.41, 5.74) is 1.02. The quantitative estimate of drug-likeness (QED) is 0.607. The minimum Gasteiger partial charge on any atom is -0.434 e. The van der Waals surface area contributed by atoms with Gasteiger partial charge in [0.2, 0.25) is 5.78 Å². The molecule has 5 nitrogen and oxygen atoms in total. The van der Waals surface area contributed by atoms with E-state index in [0.29, 0.717) is 17.5 Å². The molecule has 0 amide bonds.